The Labute approximate surface area is 188 Å². The van der Waals surface area contributed by atoms with Crippen molar-refractivity contribution in [2.75, 3.05) is 6.54 Å². The minimum absolute atomic E-state index is 0.0808. The van der Waals surface area contributed by atoms with Crippen molar-refractivity contribution in [2.45, 2.75) is 81.8 Å². The van der Waals surface area contributed by atoms with E-state index >= 15 is 0 Å². The van der Waals surface area contributed by atoms with Crippen LogP contribution < -0.4 is 5.56 Å². The van der Waals surface area contributed by atoms with Crippen LogP contribution >= 0.6 is 11.8 Å². The van der Waals surface area contributed by atoms with Crippen molar-refractivity contribution in [3.63, 3.8) is 0 Å². The lowest BCUT2D eigenvalue weighted by atomic mass is 10.0. The zero-order chi connectivity index (χ0) is 22.0. The summed E-state index contributed by atoms with van der Waals surface area (Å²) in [5.74, 6) is 0. The first-order valence-corrected chi connectivity index (χ1v) is 12.0. The molecule has 7 heteroatoms. The second-order valence-electron chi connectivity index (χ2n) is 9.33. The largest absolute Gasteiger partial charge is 0.444 e. The third kappa shape index (κ3) is 5.14. The van der Waals surface area contributed by atoms with Crippen molar-refractivity contribution in [1.82, 2.24) is 14.5 Å². The molecular formula is C24H31N3O3S. The lowest BCUT2D eigenvalue weighted by molar-refractivity contribution is 0.0221. The molecule has 6 nitrogen and oxygen atoms in total. The van der Waals surface area contributed by atoms with E-state index in [4.69, 9.17) is 9.72 Å². The molecule has 166 valence electrons. The van der Waals surface area contributed by atoms with Crippen molar-refractivity contribution >= 4 is 17.9 Å². The molecule has 2 aromatic rings. The van der Waals surface area contributed by atoms with Crippen LogP contribution in [0.1, 0.15) is 64.1 Å². The number of fused-ring (bicyclic) bond motifs is 1. The van der Waals surface area contributed by atoms with Gasteiger partial charge in [-0.1, -0.05) is 49.2 Å². The highest BCUT2D eigenvalue weighted by atomic mass is 32.2. The predicted octanol–water partition coefficient (Wildman–Crippen LogP) is 4.95. The van der Waals surface area contributed by atoms with E-state index in [1.54, 1.807) is 21.2 Å². The normalized spacial score (nSPS) is 17.3. The fourth-order valence-corrected chi connectivity index (χ4v) is 5.48. The molecule has 0 atom stereocenters. The molecule has 0 unspecified atom stereocenters. The number of carbonyl (C=O) groups excluding carboxylic acids is 1. The van der Waals surface area contributed by atoms with Gasteiger partial charge in [-0.2, -0.15) is 0 Å². The van der Waals surface area contributed by atoms with E-state index in [0.717, 1.165) is 16.5 Å². The zero-order valence-corrected chi connectivity index (χ0v) is 19.4. The molecular weight excluding hydrogens is 410 g/mol. The predicted molar refractivity (Wildman–Crippen MR) is 123 cm³/mol. The second kappa shape index (κ2) is 9.07. The Balaban J connectivity index is 1.70. The van der Waals surface area contributed by atoms with Gasteiger partial charge >= 0.3 is 6.09 Å². The summed E-state index contributed by atoms with van der Waals surface area (Å²) >= 11 is 1.73. The Morgan fingerprint density at radius 1 is 1.13 bits per heavy atom. The van der Waals surface area contributed by atoms with Crippen LogP contribution in [0.4, 0.5) is 4.79 Å². The lowest BCUT2D eigenvalue weighted by Crippen LogP contribution is -2.43. The van der Waals surface area contributed by atoms with Crippen LogP contribution in [-0.2, 0) is 17.7 Å². The molecule has 0 spiro atoms. The smallest absolute Gasteiger partial charge is 0.410 e. The van der Waals surface area contributed by atoms with Crippen LogP contribution in [0.15, 0.2) is 40.3 Å². The number of nitrogens with zero attached hydrogens (tertiary/aromatic N) is 3. The van der Waals surface area contributed by atoms with Crippen molar-refractivity contribution in [3.8, 4) is 5.69 Å². The fraction of sp³-hybridized carbons (Fsp3) is 0.542. The van der Waals surface area contributed by atoms with Crippen molar-refractivity contribution in [1.29, 1.82) is 0 Å². The zero-order valence-electron chi connectivity index (χ0n) is 18.6. The molecule has 4 rings (SSSR count). The number of para-hydroxylation sites is 1. The van der Waals surface area contributed by atoms with E-state index in [-0.39, 0.29) is 18.2 Å². The van der Waals surface area contributed by atoms with E-state index < -0.39 is 5.60 Å². The number of hydrogen-bond donors (Lipinski definition) is 0. The molecule has 31 heavy (non-hydrogen) atoms. The van der Waals surface area contributed by atoms with Gasteiger partial charge in [0.05, 0.1) is 23.5 Å². The van der Waals surface area contributed by atoms with Crippen LogP contribution in [0.2, 0.25) is 0 Å². The Bertz CT molecular complexity index is 992. The third-order valence-corrected chi connectivity index (χ3v) is 6.98. The highest BCUT2D eigenvalue weighted by Gasteiger charge is 2.30. The first-order valence-electron chi connectivity index (χ1n) is 11.2. The van der Waals surface area contributed by atoms with Gasteiger partial charge in [-0.05, 0) is 45.7 Å². The molecule has 1 aliphatic carbocycles. The number of rotatable bonds is 3. The molecule has 0 saturated heterocycles. The Morgan fingerprint density at radius 3 is 2.52 bits per heavy atom. The quantitative estimate of drug-likeness (QED) is 0.631. The molecule has 1 aromatic heterocycles. The first kappa shape index (κ1) is 21.9. The summed E-state index contributed by atoms with van der Waals surface area (Å²) < 4.78 is 7.26. The molecule has 0 radical (unpaired) electrons. The minimum atomic E-state index is -0.569. The Morgan fingerprint density at radius 2 is 1.84 bits per heavy atom. The fourth-order valence-electron chi connectivity index (χ4n) is 4.15. The maximum absolute atomic E-state index is 13.7. The van der Waals surface area contributed by atoms with Crippen LogP contribution in [0.25, 0.3) is 5.69 Å². The van der Waals surface area contributed by atoms with E-state index in [1.165, 1.54) is 32.1 Å². The highest BCUT2D eigenvalue weighted by Crippen LogP contribution is 2.34. The molecule has 1 fully saturated rings. The number of carbonyl (C=O) groups is 1. The minimum Gasteiger partial charge on any atom is -0.444 e. The first-order chi connectivity index (χ1) is 14.8. The van der Waals surface area contributed by atoms with Crippen LogP contribution in [-0.4, -0.2) is 37.9 Å². The van der Waals surface area contributed by atoms with E-state index in [0.29, 0.717) is 23.8 Å². The van der Waals surface area contributed by atoms with Crippen LogP contribution in [0.3, 0.4) is 0 Å². The summed E-state index contributed by atoms with van der Waals surface area (Å²) in [6.45, 7) is 6.29. The number of amides is 1. The average Bonchev–Trinajstić information content (AvgIpc) is 2.74. The van der Waals surface area contributed by atoms with Crippen LogP contribution in [0, 0.1) is 0 Å². The number of thioether (sulfide) groups is 1. The summed E-state index contributed by atoms with van der Waals surface area (Å²) in [6.07, 6.45) is 6.28. The van der Waals surface area contributed by atoms with Gasteiger partial charge in [0.15, 0.2) is 5.16 Å². The van der Waals surface area contributed by atoms with Gasteiger partial charge in [-0.15, -0.1) is 0 Å². The van der Waals surface area contributed by atoms with Crippen molar-refractivity contribution in [3.05, 3.63) is 51.9 Å². The van der Waals surface area contributed by atoms with Crippen LogP contribution in [0.5, 0.6) is 0 Å². The van der Waals surface area contributed by atoms with Crippen molar-refractivity contribution < 1.29 is 9.53 Å². The average molecular weight is 442 g/mol. The number of ether oxygens (including phenoxy) is 1. The third-order valence-electron chi connectivity index (χ3n) is 5.69. The maximum atomic E-state index is 13.7. The molecule has 1 aliphatic heterocycles. The Kier molecular flexibility index (Phi) is 6.42. The molecule has 2 aliphatic rings. The van der Waals surface area contributed by atoms with Gasteiger partial charge in [0, 0.05) is 18.2 Å². The Hall–Kier alpha value is -2.28. The summed E-state index contributed by atoms with van der Waals surface area (Å²) in [5.41, 5.74) is 1.57. The summed E-state index contributed by atoms with van der Waals surface area (Å²) in [5, 5.41) is 1.27. The topological polar surface area (TPSA) is 64.4 Å². The summed E-state index contributed by atoms with van der Waals surface area (Å²) in [6, 6.07) is 9.69. The number of benzene rings is 1. The van der Waals surface area contributed by atoms with Gasteiger partial charge in [0.2, 0.25) is 0 Å². The van der Waals surface area contributed by atoms with E-state index in [9.17, 15) is 9.59 Å². The number of aromatic nitrogens is 2. The molecule has 0 N–H and O–H groups in total. The van der Waals surface area contributed by atoms with Gasteiger partial charge in [0.1, 0.15) is 5.60 Å². The second-order valence-corrected chi connectivity index (χ2v) is 10.6. The highest BCUT2D eigenvalue weighted by molar-refractivity contribution is 7.99. The number of hydrogen-bond acceptors (Lipinski definition) is 5. The van der Waals surface area contributed by atoms with Gasteiger partial charge in [0.25, 0.3) is 5.56 Å². The SMILES string of the molecule is CC(C)(C)OC(=O)N1CCc2nc(SC3CCCCC3)n(-c3ccccc3)c(=O)c2C1. The summed E-state index contributed by atoms with van der Waals surface area (Å²) in [7, 11) is 0. The van der Waals surface area contributed by atoms with E-state index in [2.05, 4.69) is 0 Å². The van der Waals surface area contributed by atoms with Gasteiger partial charge < -0.3 is 9.64 Å². The molecule has 0 bridgehead atoms. The molecule has 2 heterocycles. The van der Waals surface area contributed by atoms with Crippen molar-refractivity contribution in [2.24, 2.45) is 0 Å². The molecule has 1 amide bonds. The summed E-state index contributed by atoms with van der Waals surface area (Å²) in [4.78, 5) is 32.8. The molecule has 1 aromatic carbocycles. The maximum Gasteiger partial charge on any atom is 0.410 e. The molecule has 1 saturated carbocycles. The standard InChI is InChI=1S/C24H31N3O3S/c1-24(2,3)30-23(29)26-15-14-20-19(16-26)21(28)27(17-10-6-4-7-11-17)22(25-20)31-18-12-8-5-9-13-18/h4,6-7,10-11,18H,5,8-9,12-16H2,1-3H3. The lowest BCUT2D eigenvalue weighted by Gasteiger charge is -2.31. The van der Waals surface area contributed by atoms with Gasteiger partial charge in [-0.25, -0.2) is 9.78 Å². The van der Waals surface area contributed by atoms with Gasteiger partial charge in [-0.3, -0.25) is 9.36 Å². The van der Waals surface area contributed by atoms with E-state index in [1.807, 2.05) is 51.1 Å². The monoisotopic (exact) mass is 441 g/mol.